The minimum atomic E-state index is 0.0690. The van der Waals surface area contributed by atoms with Gasteiger partial charge in [-0.1, -0.05) is 30.3 Å². The van der Waals surface area contributed by atoms with Crippen molar-refractivity contribution in [3.63, 3.8) is 0 Å². The van der Waals surface area contributed by atoms with Crippen LogP contribution >= 0.6 is 24.0 Å². The van der Waals surface area contributed by atoms with E-state index in [1.165, 1.54) is 24.6 Å². The molecule has 1 saturated heterocycles. The zero-order valence-electron chi connectivity index (χ0n) is 16.7. The van der Waals surface area contributed by atoms with Gasteiger partial charge in [0.05, 0.1) is 6.04 Å². The quantitative estimate of drug-likeness (QED) is 0.337. The number of hydrogen-bond acceptors (Lipinski definition) is 7. The Kier molecular flexibility index (Phi) is 6.70. The van der Waals surface area contributed by atoms with Crippen molar-refractivity contribution in [3.05, 3.63) is 60.4 Å². The van der Waals surface area contributed by atoms with Crippen LogP contribution in [0.2, 0.25) is 0 Å². The first kappa shape index (κ1) is 20.5. The van der Waals surface area contributed by atoms with Gasteiger partial charge in [0.25, 0.3) is 0 Å². The van der Waals surface area contributed by atoms with Crippen LogP contribution in [0.4, 0.5) is 11.8 Å². The lowest BCUT2D eigenvalue weighted by Crippen LogP contribution is -2.32. The van der Waals surface area contributed by atoms with Gasteiger partial charge >= 0.3 is 0 Å². The zero-order chi connectivity index (χ0) is 20.8. The molecule has 2 aromatic heterocycles. The zero-order valence-corrected chi connectivity index (χ0v) is 18.3. The van der Waals surface area contributed by atoms with Crippen LogP contribution in [0.15, 0.2) is 65.0 Å². The number of nitrogens with zero attached hydrogens (tertiary/aromatic N) is 5. The predicted molar refractivity (Wildman–Crippen MR) is 124 cm³/mol. The van der Waals surface area contributed by atoms with E-state index in [-0.39, 0.29) is 6.04 Å². The molecule has 2 N–H and O–H groups in total. The molecule has 3 heterocycles. The van der Waals surface area contributed by atoms with E-state index in [0.717, 1.165) is 29.5 Å². The van der Waals surface area contributed by atoms with Gasteiger partial charge in [0, 0.05) is 31.5 Å². The standard InChI is InChI=1S/C21H23N7S2/c1-15(16-8-3-2-4-9-16)24-20(29)27-19-25-17(28-12-5-6-13-28)14-18(26-19)30-21-22-10-7-11-23-21/h2-4,7-11,14-15H,5-6,12-13H2,1H3,(H2,24,25,26,27,29). The Bertz CT molecular complexity index is 979. The van der Waals surface area contributed by atoms with Gasteiger partial charge < -0.3 is 15.5 Å². The van der Waals surface area contributed by atoms with E-state index in [1.807, 2.05) is 24.3 Å². The number of thiocarbonyl (C=S) groups is 1. The van der Waals surface area contributed by atoms with Gasteiger partial charge in [-0.25, -0.2) is 15.0 Å². The molecule has 1 aliphatic rings. The molecule has 0 bridgehead atoms. The Morgan fingerprint density at radius 2 is 1.80 bits per heavy atom. The summed E-state index contributed by atoms with van der Waals surface area (Å²) < 4.78 is 0. The maximum absolute atomic E-state index is 5.52. The molecule has 30 heavy (non-hydrogen) atoms. The summed E-state index contributed by atoms with van der Waals surface area (Å²) in [6.07, 6.45) is 5.79. The molecule has 1 fully saturated rings. The summed E-state index contributed by atoms with van der Waals surface area (Å²) in [5.74, 6) is 1.36. The van der Waals surface area contributed by atoms with Crippen molar-refractivity contribution >= 4 is 40.9 Å². The van der Waals surface area contributed by atoms with E-state index in [9.17, 15) is 0 Å². The largest absolute Gasteiger partial charge is 0.356 e. The highest BCUT2D eigenvalue weighted by atomic mass is 32.2. The Morgan fingerprint density at radius 3 is 2.53 bits per heavy atom. The Labute approximate surface area is 185 Å². The SMILES string of the molecule is CC(NC(=S)Nc1nc(Sc2ncccn2)cc(N2CCCC2)n1)c1ccccc1. The van der Waals surface area contributed by atoms with Gasteiger partial charge in [-0.3, -0.25) is 0 Å². The van der Waals surface area contributed by atoms with Crippen molar-refractivity contribution in [1.82, 2.24) is 25.3 Å². The van der Waals surface area contributed by atoms with E-state index in [2.05, 4.69) is 49.5 Å². The third kappa shape index (κ3) is 5.43. The topological polar surface area (TPSA) is 78.9 Å². The molecule has 0 amide bonds. The maximum Gasteiger partial charge on any atom is 0.232 e. The number of nitrogens with one attached hydrogen (secondary N) is 2. The van der Waals surface area contributed by atoms with Gasteiger partial charge in [0.1, 0.15) is 10.8 Å². The van der Waals surface area contributed by atoms with E-state index in [1.54, 1.807) is 18.5 Å². The second-order valence-corrected chi connectivity index (χ2v) is 8.34. The average Bonchev–Trinajstić information content (AvgIpc) is 3.30. The molecule has 4 rings (SSSR count). The van der Waals surface area contributed by atoms with Crippen molar-refractivity contribution < 1.29 is 0 Å². The van der Waals surface area contributed by atoms with Gasteiger partial charge in [0.15, 0.2) is 10.3 Å². The monoisotopic (exact) mass is 437 g/mol. The third-order valence-corrected chi connectivity index (χ3v) is 5.76. The molecule has 154 valence electrons. The Balaban J connectivity index is 1.51. The molecule has 0 saturated carbocycles. The summed E-state index contributed by atoms with van der Waals surface area (Å²) in [7, 11) is 0. The summed E-state index contributed by atoms with van der Waals surface area (Å²) in [4.78, 5) is 20.2. The van der Waals surface area contributed by atoms with Crippen LogP contribution in [0.3, 0.4) is 0 Å². The van der Waals surface area contributed by atoms with Crippen LogP contribution in [-0.4, -0.2) is 38.1 Å². The molecule has 7 nitrogen and oxygen atoms in total. The molecule has 1 atom stereocenters. The van der Waals surface area contributed by atoms with E-state index < -0.39 is 0 Å². The smallest absolute Gasteiger partial charge is 0.232 e. The molecule has 1 aromatic carbocycles. The minimum Gasteiger partial charge on any atom is -0.356 e. The summed E-state index contributed by atoms with van der Waals surface area (Å²) in [5.41, 5.74) is 1.16. The molecular formula is C21H23N7S2. The average molecular weight is 438 g/mol. The van der Waals surface area contributed by atoms with Crippen molar-refractivity contribution in [2.24, 2.45) is 0 Å². The Hall–Kier alpha value is -2.78. The van der Waals surface area contributed by atoms with Gasteiger partial charge in [-0.15, -0.1) is 0 Å². The van der Waals surface area contributed by atoms with Crippen LogP contribution in [0.5, 0.6) is 0 Å². The molecule has 0 spiro atoms. The van der Waals surface area contributed by atoms with Crippen LogP contribution in [0, 0.1) is 0 Å². The lowest BCUT2D eigenvalue weighted by molar-refractivity contribution is 0.722. The van der Waals surface area contributed by atoms with Crippen LogP contribution in [0.25, 0.3) is 0 Å². The highest BCUT2D eigenvalue weighted by molar-refractivity contribution is 7.99. The van der Waals surface area contributed by atoms with Crippen LogP contribution < -0.4 is 15.5 Å². The summed E-state index contributed by atoms with van der Waals surface area (Å²) in [5, 5.41) is 8.35. The maximum atomic E-state index is 5.52. The number of aromatic nitrogens is 4. The molecule has 1 aliphatic heterocycles. The van der Waals surface area contributed by atoms with Crippen molar-refractivity contribution in [1.29, 1.82) is 0 Å². The van der Waals surface area contributed by atoms with Crippen LogP contribution in [0.1, 0.15) is 31.4 Å². The molecular weight excluding hydrogens is 414 g/mol. The van der Waals surface area contributed by atoms with E-state index in [0.29, 0.717) is 16.2 Å². The fourth-order valence-electron chi connectivity index (χ4n) is 3.22. The highest BCUT2D eigenvalue weighted by Gasteiger charge is 2.17. The second kappa shape index (κ2) is 9.82. The first-order valence-electron chi connectivity index (χ1n) is 9.89. The third-order valence-electron chi connectivity index (χ3n) is 4.73. The normalized spacial score (nSPS) is 14.4. The number of anilines is 2. The second-order valence-electron chi connectivity index (χ2n) is 6.95. The molecule has 0 aliphatic carbocycles. The molecule has 1 unspecified atom stereocenters. The first-order valence-corrected chi connectivity index (χ1v) is 11.1. The summed E-state index contributed by atoms with van der Waals surface area (Å²) in [6.45, 7) is 4.06. The number of rotatable bonds is 6. The minimum absolute atomic E-state index is 0.0690. The summed E-state index contributed by atoms with van der Waals surface area (Å²) >= 11 is 6.92. The number of hydrogen-bond donors (Lipinski definition) is 2. The number of benzene rings is 1. The summed E-state index contributed by atoms with van der Waals surface area (Å²) in [6, 6.07) is 14.0. The van der Waals surface area contributed by atoms with Gasteiger partial charge in [-0.2, -0.15) is 4.98 Å². The first-order chi connectivity index (χ1) is 14.7. The predicted octanol–water partition coefficient (Wildman–Crippen LogP) is 4.07. The Morgan fingerprint density at radius 1 is 1.07 bits per heavy atom. The van der Waals surface area contributed by atoms with Crippen LogP contribution in [-0.2, 0) is 0 Å². The molecule has 9 heteroatoms. The van der Waals surface area contributed by atoms with Gasteiger partial charge in [0.2, 0.25) is 5.95 Å². The lowest BCUT2D eigenvalue weighted by atomic mass is 10.1. The fourth-order valence-corrected chi connectivity index (χ4v) is 4.20. The van der Waals surface area contributed by atoms with Crippen molar-refractivity contribution in [2.75, 3.05) is 23.3 Å². The van der Waals surface area contributed by atoms with E-state index >= 15 is 0 Å². The molecule has 0 radical (unpaired) electrons. The molecule has 3 aromatic rings. The lowest BCUT2D eigenvalue weighted by Gasteiger charge is -2.19. The van der Waals surface area contributed by atoms with E-state index in [4.69, 9.17) is 17.2 Å². The van der Waals surface area contributed by atoms with Crippen molar-refractivity contribution in [2.45, 2.75) is 36.0 Å². The highest BCUT2D eigenvalue weighted by Crippen LogP contribution is 2.28. The van der Waals surface area contributed by atoms with Gasteiger partial charge in [-0.05, 0) is 55.4 Å². The fraction of sp³-hybridized carbons (Fsp3) is 0.286. The van der Waals surface area contributed by atoms with Crippen molar-refractivity contribution in [3.8, 4) is 0 Å².